The third-order valence-corrected chi connectivity index (χ3v) is 3.02. The summed E-state index contributed by atoms with van der Waals surface area (Å²) >= 11 is 0. The molecule has 0 unspecified atom stereocenters. The van der Waals surface area contributed by atoms with Crippen LogP contribution in [0.2, 0.25) is 0 Å². The van der Waals surface area contributed by atoms with Gasteiger partial charge in [-0.2, -0.15) is 0 Å². The minimum absolute atomic E-state index is 0.380. The molecule has 2 aromatic rings. The minimum atomic E-state index is 0.380. The molecule has 0 atom stereocenters. The van der Waals surface area contributed by atoms with Gasteiger partial charge in [-0.15, -0.1) is 0 Å². The van der Waals surface area contributed by atoms with Gasteiger partial charge in [0.2, 0.25) is 0 Å². The quantitative estimate of drug-likeness (QED) is 0.892. The van der Waals surface area contributed by atoms with Gasteiger partial charge in [0.15, 0.2) is 0 Å². The van der Waals surface area contributed by atoms with Gasteiger partial charge in [-0.25, -0.2) is 9.97 Å². The predicted octanol–water partition coefficient (Wildman–Crippen LogP) is 3.62. The van der Waals surface area contributed by atoms with Crippen molar-refractivity contribution in [1.29, 1.82) is 0 Å². The average Bonchev–Trinajstić information content (AvgIpc) is 2.38. The van der Waals surface area contributed by atoms with Gasteiger partial charge in [-0.3, -0.25) is 0 Å². The second-order valence-corrected chi connectivity index (χ2v) is 4.76. The predicted molar refractivity (Wildman–Crippen MR) is 75.8 cm³/mol. The van der Waals surface area contributed by atoms with Crippen molar-refractivity contribution >= 4 is 5.82 Å². The molecule has 0 aliphatic carbocycles. The molecule has 0 saturated heterocycles. The molecule has 1 aromatic carbocycles. The highest BCUT2D eigenvalue weighted by Gasteiger charge is 2.15. The number of rotatable bonds is 3. The molecular formula is C15H19N3. The molecule has 18 heavy (non-hydrogen) atoms. The van der Waals surface area contributed by atoms with Gasteiger partial charge in [0.1, 0.15) is 12.1 Å². The van der Waals surface area contributed by atoms with E-state index in [1.165, 1.54) is 11.1 Å². The molecule has 3 heteroatoms. The van der Waals surface area contributed by atoms with E-state index < -0.39 is 0 Å². The summed E-state index contributed by atoms with van der Waals surface area (Å²) in [6.07, 6.45) is 1.62. The van der Waals surface area contributed by atoms with Gasteiger partial charge >= 0.3 is 0 Å². The van der Waals surface area contributed by atoms with Crippen molar-refractivity contribution in [1.82, 2.24) is 9.97 Å². The Bertz CT molecular complexity index is 530. The topological polar surface area (TPSA) is 37.8 Å². The highest BCUT2D eigenvalue weighted by Crippen LogP contribution is 2.31. The fourth-order valence-electron chi connectivity index (χ4n) is 2.08. The normalized spacial score (nSPS) is 10.7. The van der Waals surface area contributed by atoms with E-state index in [4.69, 9.17) is 0 Å². The van der Waals surface area contributed by atoms with Crippen LogP contribution in [0.3, 0.4) is 0 Å². The molecule has 2 rings (SSSR count). The van der Waals surface area contributed by atoms with E-state index in [1.807, 2.05) is 7.05 Å². The highest BCUT2D eigenvalue weighted by molar-refractivity contribution is 5.69. The molecular weight excluding hydrogens is 222 g/mol. The van der Waals surface area contributed by atoms with Gasteiger partial charge in [-0.1, -0.05) is 43.7 Å². The molecule has 0 saturated carbocycles. The van der Waals surface area contributed by atoms with Crippen molar-refractivity contribution < 1.29 is 0 Å². The Balaban J connectivity index is 2.59. The van der Waals surface area contributed by atoms with Crippen LogP contribution < -0.4 is 5.32 Å². The van der Waals surface area contributed by atoms with Crippen LogP contribution in [0.4, 0.5) is 5.82 Å². The van der Waals surface area contributed by atoms with Crippen molar-refractivity contribution in [2.24, 2.45) is 0 Å². The number of anilines is 1. The van der Waals surface area contributed by atoms with Crippen molar-refractivity contribution in [3.05, 3.63) is 41.7 Å². The second kappa shape index (κ2) is 5.17. The molecule has 1 heterocycles. The lowest BCUT2D eigenvalue weighted by Gasteiger charge is -2.15. The van der Waals surface area contributed by atoms with Gasteiger partial charge in [-0.05, 0) is 12.8 Å². The van der Waals surface area contributed by atoms with Gasteiger partial charge in [0.05, 0.1) is 5.69 Å². The first-order valence-corrected chi connectivity index (χ1v) is 6.23. The summed E-state index contributed by atoms with van der Waals surface area (Å²) in [5, 5.41) is 3.15. The van der Waals surface area contributed by atoms with Gasteiger partial charge in [0.25, 0.3) is 0 Å². The molecule has 3 nitrogen and oxygen atoms in total. The lowest BCUT2D eigenvalue weighted by molar-refractivity contribution is 0.852. The molecule has 0 spiro atoms. The number of nitrogens with zero attached hydrogens (tertiary/aromatic N) is 2. The van der Waals surface area contributed by atoms with Crippen LogP contribution in [0.25, 0.3) is 11.3 Å². The summed E-state index contributed by atoms with van der Waals surface area (Å²) in [5.41, 5.74) is 4.59. The SMILES string of the molecule is CNc1ncnc(-c2ccc(C)cc2)c1C(C)C. The van der Waals surface area contributed by atoms with Crippen LogP contribution in [-0.2, 0) is 0 Å². The number of hydrogen-bond donors (Lipinski definition) is 1. The highest BCUT2D eigenvalue weighted by atomic mass is 15.0. The number of benzene rings is 1. The molecule has 0 aliphatic rings. The van der Waals surface area contributed by atoms with E-state index in [-0.39, 0.29) is 0 Å². The summed E-state index contributed by atoms with van der Waals surface area (Å²) in [7, 11) is 1.90. The van der Waals surface area contributed by atoms with E-state index in [0.29, 0.717) is 5.92 Å². The molecule has 1 N–H and O–H groups in total. The van der Waals surface area contributed by atoms with Gasteiger partial charge < -0.3 is 5.32 Å². The standard InChI is InChI=1S/C15H19N3/c1-10(2)13-14(17-9-18-15(13)16-4)12-7-5-11(3)6-8-12/h5-10H,1-4H3,(H,16,17,18). The molecule has 0 radical (unpaired) electrons. The summed E-state index contributed by atoms with van der Waals surface area (Å²) in [6.45, 7) is 6.42. The summed E-state index contributed by atoms with van der Waals surface area (Å²) in [5.74, 6) is 1.29. The fourth-order valence-corrected chi connectivity index (χ4v) is 2.08. The number of hydrogen-bond acceptors (Lipinski definition) is 3. The molecule has 94 valence electrons. The first-order chi connectivity index (χ1) is 8.63. The van der Waals surface area contributed by atoms with Crippen LogP contribution >= 0.6 is 0 Å². The third kappa shape index (κ3) is 2.35. The fraction of sp³-hybridized carbons (Fsp3) is 0.333. The largest absolute Gasteiger partial charge is 0.373 e. The van der Waals surface area contributed by atoms with E-state index in [9.17, 15) is 0 Å². The Kier molecular flexibility index (Phi) is 3.60. The van der Waals surface area contributed by atoms with Crippen molar-refractivity contribution in [2.45, 2.75) is 26.7 Å². The maximum absolute atomic E-state index is 4.46. The van der Waals surface area contributed by atoms with E-state index in [1.54, 1.807) is 6.33 Å². The minimum Gasteiger partial charge on any atom is -0.373 e. The molecule has 1 aromatic heterocycles. The lowest BCUT2D eigenvalue weighted by Crippen LogP contribution is -2.04. The third-order valence-electron chi connectivity index (χ3n) is 3.02. The van der Waals surface area contributed by atoms with Crippen molar-refractivity contribution in [3.8, 4) is 11.3 Å². The Morgan fingerprint density at radius 1 is 1.06 bits per heavy atom. The Morgan fingerprint density at radius 3 is 2.28 bits per heavy atom. The van der Waals surface area contributed by atoms with E-state index >= 15 is 0 Å². The van der Waals surface area contributed by atoms with Crippen molar-refractivity contribution in [2.75, 3.05) is 12.4 Å². The Morgan fingerprint density at radius 2 is 1.72 bits per heavy atom. The first kappa shape index (κ1) is 12.6. The maximum atomic E-state index is 4.46. The summed E-state index contributed by atoms with van der Waals surface area (Å²) < 4.78 is 0. The molecule has 0 aliphatic heterocycles. The molecule has 0 fully saturated rings. The van der Waals surface area contributed by atoms with Crippen LogP contribution in [0.15, 0.2) is 30.6 Å². The number of aromatic nitrogens is 2. The van der Waals surface area contributed by atoms with E-state index in [0.717, 1.165) is 17.1 Å². The molecule has 0 bridgehead atoms. The Hall–Kier alpha value is -1.90. The zero-order valence-electron chi connectivity index (χ0n) is 11.4. The monoisotopic (exact) mass is 241 g/mol. The van der Waals surface area contributed by atoms with Crippen molar-refractivity contribution in [3.63, 3.8) is 0 Å². The van der Waals surface area contributed by atoms with E-state index in [2.05, 4.69) is 60.3 Å². The van der Waals surface area contributed by atoms with Crippen LogP contribution in [0, 0.1) is 6.92 Å². The van der Waals surface area contributed by atoms with Crippen LogP contribution in [0.5, 0.6) is 0 Å². The smallest absolute Gasteiger partial charge is 0.133 e. The zero-order chi connectivity index (χ0) is 13.1. The second-order valence-electron chi connectivity index (χ2n) is 4.76. The zero-order valence-corrected chi connectivity index (χ0v) is 11.4. The Labute approximate surface area is 108 Å². The first-order valence-electron chi connectivity index (χ1n) is 6.23. The van der Waals surface area contributed by atoms with Crippen LogP contribution in [-0.4, -0.2) is 17.0 Å². The average molecular weight is 241 g/mol. The number of aryl methyl sites for hydroxylation is 1. The maximum Gasteiger partial charge on any atom is 0.133 e. The summed E-state index contributed by atoms with van der Waals surface area (Å²) in [6, 6.07) is 8.45. The van der Waals surface area contributed by atoms with Gasteiger partial charge in [0, 0.05) is 18.2 Å². The number of nitrogens with one attached hydrogen (secondary N) is 1. The van der Waals surface area contributed by atoms with Crippen LogP contribution in [0.1, 0.15) is 30.9 Å². The summed E-state index contributed by atoms with van der Waals surface area (Å²) in [4.78, 5) is 8.76. The molecule has 0 amide bonds. The lowest BCUT2D eigenvalue weighted by atomic mass is 9.97.